The molecular weight excluding hydrogens is 370 g/mol. The lowest BCUT2D eigenvalue weighted by Gasteiger charge is -2.10. The molecule has 0 atom stereocenters. The predicted octanol–water partition coefficient (Wildman–Crippen LogP) is 5.40. The lowest BCUT2D eigenvalue weighted by molar-refractivity contribution is 0.0994. The molecule has 1 aromatic heterocycles. The van der Waals surface area contributed by atoms with Crippen LogP contribution in [0.5, 0.6) is 0 Å². The van der Waals surface area contributed by atoms with E-state index in [1.807, 2.05) is 73.8 Å². The highest BCUT2D eigenvalue weighted by Gasteiger charge is 2.14. The van der Waals surface area contributed by atoms with Crippen molar-refractivity contribution in [3.05, 3.63) is 96.1 Å². The fourth-order valence-electron chi connectivity index (χ4n) is 4.16. The lowest BCUT2D eigenvalue weighted by Crippen LogP contribution is -2.04. The summed E-state index contributed by atoms with van der Waals surface area (Å²) in [5, 5.41) is 7.32. The zero-order valence-electron chi connectivity index (χ0n) is 16.7. The first-order valence-electron chi connectivity index (χ1n) is 9.93. The van der Waals surface area contributed by atoms with Gasteiger partial charge in [-0.15, -0.1) is 0 Å². The van der Waals surface area contributed by atoms with Crippen LogP contribution in [0.15, 0.2) is 84.9 Å². The number of rotatable bonds is 4. The SMILES string of the molecule is Cn1nc(N)c2c(-c3ccc4c(C(=O)Cc5ccccc5)cccc4c3)cccc21. The number of hydrogen-bond donors (Lipinski definition) is 1. The average molecular weight is 391 g/mol. The first-order valence-corrected chi connectivity index (χ1v) is 9.93. The number of nitrogens with two attached hydrogens (primary N) is 1. The van der Waals surface area contributed by atoms with Gasteiger partial charge in [-0.1, -0.05) is 72.8 Å². The third-order valence-corrected chi connectivity index (χ3v) is 5.60. The minimum absolute atomic E-state index is 0.123. The Morgan fingerprint density at radius 3 is 2.57 bits per heavy atom. The molecule has 0 amide bonds. The number of ketones is 1. The van der Waals surface area contributed by atoms with E-state index in [0.717, 1.165) is 43.9 Å². The molecule has 4 heteroatoms. The van der Waals surface area contributed by atoms with Crippen molar-refractivity contribution < 1.29 is 4.79 Å². The van der Waals surface area contributed by atoms with Crippen molar-refractivity contribution in [2.24, 2.45) is 7.05 Å². The highest BCUT2D eigenvalue weighted by atomic mass is 16.1. The second-order valence-electron chi connectivity index (χ2n) is 7.54. The second-order valence-corrected chi connectivity index (χ2v) is 7.54. The van der Waals surface area contributed by atoms with Crippen LogP contribution in [0.25, 0.3) is 32.8 Å². The molecule has 2 N–H and O–H groups in total. The fourth-order valence-corrected chi connectivity index (χ4v) is 4.16. The van der Waals surface area contributed by atoms with Gasteiger partial charge in [-0.2, -0.15) is 5.10 Å². The van der Waals surface area contributed by atoms with Crippen LogP contribution in [-0.2, 0) is 13.5 Å². The van der Waals surface area contributed by atoms with Gasteiger partial charge in [0.2, 0.25) is 0 Å². The fraction of sp³-hybridized carbons (Fsp3) is 0.0769. The van der Waals surface area contributed by atoms with Gasteiger partial charge in [0.1, 0.15) is 0 Å². The highest BCUT2D eigenvalue weighted by molar-refractivity contribution is 6.10. The van der Waals surface area contributed by atoms with Gasteiger partial charge in [-0.3, -0.25) is 9.48 Å². The Kier molecular flexibility index (Phi) is 4.32. The Morgan fingerprint density at radius 1 is 0.933 bits per heavy atom. The highest BCUT2D eigenvalue weighted by Crippen LogP contribution is 2.34. The number of carbonyl (C=O) groups is 1. The summed E-state index contributed by atoms with van der Waals surface area (Å²) >= 11 is 0. The number of aromatic nitrogens is 2. The molecule has 0 unspecified atom stereocenters. The van der Waals surface area contributed by atoms with Crippen molar-refractivity contribution in [2.45, 2.75) is 6.42 Å². The van der Waals surface area contributed by atoms with Crippen LogP contribution in [0, 0.1) is 0 Å². The molecule has 0 aliphatic carbocycles. The van der Waals surface area contributed by atoms with Gasteiger partial charge < -0.3 is 5.73 Å². The smallest absolute Gasteiger partial charge is 0.167 e. The molecule has 5 aromatic rings. The monoisotopic (exact) mass is 391 g/mol. The van der Waals surface area contributed by atoms with Crippen molar-refractivity contribution >= 4 is 33.3 Å². The van der Waals surface area contributed by atoms with Crippen molar-refractivity contribution in [3.63, 3.8) is 0 Å². The predicted molar refractivity (Wildman–Crippen MR) is 123 cm³/mol. The van der Waals surface area contributed by atoms with Crippen LogP contribution in [0.3, 0.4) is 0 Å². The molecule has 0 aliphatic rings. The van der Waals surface area contributed by atoms with E-state index in [-0.39, 0.29) is 5.78 Å². The molecule has 30 heavy (non-hydrogen) atoms. The number of nitrogen functional groups attached to an aromatic ring is 1. The molecule has 4 aromatic carbocycles. The van der Waals surface area contributed by atoms with Gasteiger partial charge in [0.15, 0.2) is 11.6 Å². The van der Waals surface area contributed by atoms with E-state index in [1.54, 1.807) is 4.68 Å². The maximum absolute atomic E-state index is 13.0. The summed E-state index contributed by atoms with van der Waals surface area (Å²) in [6.07, 6.45) is 0.396. The Morgan fingerprint density at radius 2 is 1.73 bits per heavy atom. The van der Waals surface area contributed by atoms with Crippen LogP contribution in [0.1, 0.15) is 15.9 Å². The molecule has 5 rings (SSSR count). The number of benzene rings is 4. The summed E-state index contributed by atoms with van der Waals surface area (Å²) in [6, 6.07) is 28.1. The molecule has 0 aliphatic heterocycles. The maximum Gasteiger partial charge on any atom is 0.167 e. The third-order valence-electron chi connectivity index (χ3n) is 5.60. The van der Waals surface area contributed by atoms with Gasteiger partial charge in [0.25, 0.3) is 0 Å². The molecule has 0 radical (unpaired) electrons. The molecule has 1 heterocycles. The molecule has 0 fully saturated rings. The number of nitrogens with zero attached hydrogens (tertiary/aromatic N) is 2. The number of hydrogen-bond acceptors (Lipinski definition) is 3. The molecular formula is C26H21N3O. The van der Waals surface area contributed by atoms with Crippen LogP contribution in [0.4, 0.5) is 5.82 Å². The van der Waals surface area contributed by atoms with Crippen molar-refractivity contribution in [2.75, 3.05) is 5.73 Å². The minimum atomic E-state index is 0.123. The van der Waals surface area contributed by atoms with Gasteiger partial charge in [-0.05, 0) is 39.6 Å². The Balaban J connectivity index is 1.59. The standard InChI is InChI=1S/C26H21N3O/c1-29-23-12-6-10-21(25(23)26(27)28-29)19-13-14-20-18(16-19)9-5-11-22(20)24(30)15-17-7-3-2-4-8-17/h2-14,16H,15H2,1H3,(H2,27,28). The van der Waals surface area contributed by atoms with Crippen molar-refractivity contribution in [1.82, 2.24) is 9.78 Å². The van der Waals surface area contributed by atoms with E-state index in [2.05, 4.69) is 23.3 Å². The number of aryl methyl sites for hydroxylation is 1. The average Bonchev–Trinajstić information content (AvgIpc) is 3.07. The quantitative estimate of drug-likeness (QED) is 0.417. The molecule has 0 saturated heterocycles. The Hall–Kier alpha value is -3.92. The van der Waals surface area contributed by atoms with E-state index >= 15 is 0 Å². The van der Waals surface area contributed by atoms with E-state index in [4.69, 9.17) is 5.73 Å². The van der Waals surface area contributed by atoms with Gasteiger partial charge in [0, 0.05) is 19.0 Å². The van der Waals surface area contributed by atoms with Gasteiger partial charge >= 0.3 is 0 Å². The van der Waals surface area contributed by atoms with Crippen molar-refractivity contribution in [1.29, 1.82) is 0 Å². The van der Waals surface area contributed by atoms with Gasteiger partial charge in [-0.25, -0.2) is 0 Å². The summed E-state index contributed by atoms with van der Waals surface area (Å²) < 4.78 is 1.80. The lowest BCUT2D eigenvalue weighted by atomic mass is 9.94. The number of Topliss-reactive ketones (excluding diaryl/α,β-unsaturated/α-hetero) is 1. The summed E-state index contributed by atoms with van der Waals surface area (Å²) in [4.78, 5) is 13.0. The maximum atomic E-state index is 13.0. The topological polar surface area (TPSA) is 60.9 Å². The van der Waals surface area contributed by atoms with E-state index in [1.165, 1.54) is 0 Å². The van der Waals surface area contributed by atoms with Crippen LogP contribution >= 0.6 is 0 Å². The Bertz CT molecular complexity index is 1400. The Labute approximate surface area is 174 Å². The third kappa shape index (κ3) is 3.03. The molecule has 4 nitrogen and oxygen atoms in total. The molecule has 0 bridgehead atoms. The normalized spacial score (nSPS) is 11.2. The second kappa shape index (κ2) is 7.16. The van der Waals surface area contributed by atoms with Crippen LogP contribution in [0.2, 0.25) is 0 Å². The summed E-state index contributed by atoms with van der Waals surface area (Å²) in [7, 11) is 1.90. The first-order chi connectivity index (χ1) is 14.6. The van der Waals surface area contributed by atoms with Gasteiger partial charge in [0.05, 0.1) is 10.9 Å². The summed E-state index contributed by atoms with van der Waals surface area (Å²) in [5.74, 6) is 0.646. The minimum Gasteiger partial charge on any atom is -0.382 e. The molecule has 146 valence electrons. The zero-order chi connectivity index (χ0) is 20.7. The van der Waals surface area contributed by atoms with Crippen LogP contribution in [-0.4, -0.2) is 15.6 Å². The molecule has 0 spiro atoms. The first kappa shape index (κ1) is 18.1. The number of fused-ring (bicyclic) bond motifs is 2. The summed E-state index contributed by atoms with van der Waals surface area (Å²) in [5.41, 5.74) is 11.1. The number of anilines is 1. The van der Waals surface area contributed by atoms with E-state index < -0.39 is 0 Å². The number of carbonyl (C=O) groups excluding carboxylic acids is 1. The zero-order valence-corrected chi connectivity index (χ0v) is 16.7. The summed E-state index contributed by atoms with van der Waals surface area (Å²) in [6.45, 7) is 0. The van der Waals surface area contributed by atoms with Crippen LogP contribution < -0.4 is 5.73 Å². The van der Waals surface area contributed by atoms with E-state index in [9.17, 15) is 4.79 Å². The largest absolute Gasteiger partial charge is 0.382 e. The van der Waals surface area contributed by atoms with E-state index in [0.29, 0.717) is 12.2 Å². The van der Waals surface area contributed by atoms with Crippen molar-refractivity contribution in [3.8, 4) is 11.1 Å². The molecule has 0 saturated carbocycles.